The van der Waals surface area contributed by atoms with Crippen LogP contribution < -0.4 is 10.2 Å². The number of carbonyl (C=O) groups is 1. The smallest absolute Gasteiger partial charge is 0.243 e. The lowest BCUT2D eigenvalue weighted by molar-refractivity contribution is -0.114. The number of hydrogen-bond acceptors (Lipinski definition) is 6. The zero-order valence-electron chi connectivity index (χ0n) is 14.4. The molecule has 1 N–H and O–H groups in total. The van der Waals surface area contributed by atoms with Crippen molar-refractivity contribution < 1.29 is 4.79 Å². The minimum absolute atomic E-state index is 0.0884. The monoisotopic (exact) mass is 353 g/mol. The molecule has 0 radical (unpaired) electrons. The molecule has 0 aliphatic carbocycles. The molecule has 6 nitrogen and oxygen atoms in total. The number of aryl methyl sites for hydroxylation is 2. The molecule has 3 rings (SSSR count). The second-order valence-corrected chi connectivity index (χ2v) is 6.73. The standard InChI is InChI=1S/C18H19N5OS/c1-12-7-6-8-13(2)16(12)20-15(24)11-23(3)18-22-21-17(25-18)14-9-4-5-10-19-14/h4-10H,11H2,1-3H3,(H,20,24). The summed E-state index contributed by atoms with van der Waals surface area (Å²) in [5.74, 6) is -0.0884. The molecule has 1 amide bonds. The van der Waals surface area contributed by atoms with Crippen LogP contribution in [0.3, 0.4) is 0 Å². The summed E-state index contributed by atoms with van der Waals surface area (Å²) in [6, 6.07) is 11.6. The van der Waals surface area contributed by atoms with Crippen LogP contribution in [0.4, 0.5) is 10.8 Å². The molecule has 0 saturated heterocycles. The van der Waals surface area contributed by atoms with E-state index < -0.39 is 0 Å². The van der Waals surface area contributed by atoms with Crippen LogP contribution in [-0.4, -0.2) is 34.7 Å². The average Bonchev–Trinajstić information content (AvgIpc) is 3.09. The molecule has 2 heterocycles. The van der Waals surface area contributed by atoms with Crippen LogP contribution >= 0.6 is 11.3 Å². The van der Waals surface area contributed by atoms with Crippen LogP contribution in [0.15, 0.2) is 42.6 Å². The highest BCUT2D eigenvalue weighted by Gasteiger charge is 2.15. The molecule has 0 fully saturated rings. The van der Waals surface area contributed by atoms with Gasteiger partial charge in [-0.25, -0.2) is 0 Å². The SMILES string of the molecule is Cc1cccc(C)c1NC(=O)CN(C)c1nnc(-c2ccccn2)s1. The minimum atomic E-state index is -0.0884. The van der Waals surface area contributed by atoms with E-state index in [1.54, 1.807) is 11.1 Å². The van der Waals surface area contributed by atoms with Crippen LogP contribution in [0, 0.1) is 13.8 Å². The Morgan fingerprint density at radius 1 is 1.12 bits per heavy atom. The molecule has 1 aromatic carbocycles. The molecule has 2 aromatic heterocycles. The van der Waals surface area contributed by atoms with Crippen LogP contribution in [0.25, 0.3) is 10.7 Å². The Hall–Kier alpha value is -2.80. The molecular weight excluding hydrogens is 334 g/mol. The number of nitrogens with zero attached hydrogens (tertiary/aromatic N) is 4. The fourth-order valence-electron chi connectivity index (χ4n) is 2.44. The van der Waals surface area contributed by atoms with E-state index in [2.05, 4.69) is 20.5 Å². The number of hydrogen-bond donors (Lipinski definition) is 1. The third kappa shape index (κ3) is 4.00. The number of rotatable bonds is 5. The van der Waals surface area contributed by atoms with Crippen LogP contribution in [0.2, 0.25) is 0 Å². The van der Waals surface area contributed by atoms with Gasteiger partial charge in [-0.15, -0.1) is 10.2 Å². The van der Waals surface area contributed by atoms with Crippen molar-refractivity contribution in [3.63, 3.8) is 0 Å². The predicted molar refractivity (Wildman–Crippen MR) is 101 cm³/mol. The Balaban J connectivity index is 1.67. The number of pyridine rings is 1. The van der Waals surface area contributed by atoms with E-state index in [-0.39, 0.29) is 12.5 Å². The van der Waals surface area contributed by atoms with E-state index in [9.17, 15) is 4.79 Å². The maximum absolute atomic E-state index is 12.4. The number of nitrogens with one attached hydrogen (secondary N) is 1. The molecule has 0 aliphatic heterocycles. The largest absolute Gasteiger partial charge is 0.340 e. The second kappa shape index (κ2) is 7.40. The molecular formula is C18H19N5OS. The lowest BCUT2D eigenvalue weighted by atomic mass is 10.1. The normalized spacial score (nSPS) is 10.5. The van der Waals surface area contributed by atoms with E-state index in [0.717, 1.165) is 27.5 Å². The fraction of sp³-hybridized carbons (Fsp3) is 0.222. The summed E-state index contributed by atoms with van der Waals surface area (Å²) in [7, 11) is 1.83. The second-order valence-electron chi connectivity index (χ2n) is 5.78. The first kappa shape index (κ1) is 17.0. The van der Waals surface area contributed by atoms with Gasteiger partial charge < -0.3 is 10.2 Å². The molecule has 0 bridgehead atoms. The third-order valence-corrected chi connectivity index (χ3v) is 4.81. The minimum Gasteiger partial charge on any atom is -0.340 e. The van der Waals surface area contributed by atoms with Crippen LogP contribution in [-0.2, 0) is 4.79 Å². The summed E-state index contributed by atoms with van der Waals surface area (Å²) in [5, 5.41) is 12.7. The van der Waals surface area contributed by atoms with Gasteiger partial charge in [-0.2, -0.15) is 0 Å². The van der Waals surface area contributed by atoms with Crippen molar-refractivity contribution in [2.24, 2.45) is 0 Å². The zero-order chi connectivity index (χ0) is 17.8. The highest BCUT2D eigenvalue weighted by atomic mass is 32.1. The average molecular weight is 353 g/mol. The quantitative estimate of drug-likeness (QED) is 0.762. The van der Waals surface area contributed by atoms with Crippen molar-refractivity contribution in [1.82, 2.24) is 15.2 Å². The molecule has 128 valence electrons. The molecule has 0 saturated carbocycles. The Morgan fingerprint density at radius 3 is 2.56 bits per heavy atom. The van der Waals surface area contributed by atoms with Gasteiger partial charge in [0.1, 0.15) is 5.69 Å². The van der Waals surface area contributed by atoms with E-state index in [4.69, 9.17) is 0 Å². The molecule has 25 heavy (non-hydrogen) atoms. The summed E-state index contributed by atoms with van der Waals surface area (Å²) >= 11 is 1.41. The maximum Gasteiger partial charge on any atom is 0.243 e. The van der Waals surface area contributed by atoms with E-state index in [1.807, 2.05) is 57.3 Å². The Morgan fingerprint density at radius 2 is 1.88 bits per heavy atom. The number of amides is 1. The number of aromatic nitrogens is 3. The molecule has 3 aromatic rings. The van der Waals surface area contributed by atoms with Gasteiger partial charge in [-0.3, -0.25) is 9.78 Å². The van der Waals surface area contributed by atoms with Gasteiger partial charge >= 0.3 is 0 Å². The van der Waals surface area contributed by atoms with Gasteiger partial charge in [0.15, 0.2) is 5.01 Å². The number of likely N-dealkylation sites (N-methyl/N-ethyl adjacent to an activating group) is 1. The molecule has 0 atom stereocenters. The topological polar surface area (TPSA) is 71.0 Å². The van der Waals surface area contributed by atoms with Crippen LogP contribution in [0.1, 0.15) is 11.1 Å². The Kier molecular flexibility index (Phi) is 5.04. The molecule has 0 spiro atoms. The first-order chi connectivity index (χ1) is 12.0. The number of anilines is 2. The lowest BCUT2D eigenvalue weighted by Gasteiger charge is -2.16. The number of para-hydroxylation sites is 1. The van der Waals surface area contributed by atoms with Gasteiger partial charge in [-0.05, 0) is 37.1 Å². The van der Waals surface area contributed by atoms with Crippen molar-refractivity contribution in [3.8, 4) is 10.7 Å². The molecule has 7 heteroatoms. The van der Waals surface area contributed by atoms with Gasteiger partial charge in [0, 0.05) is 18.9 Å². The summed E-state index contributed by atoms with van der Waals surface area (Å²) < 4.78 is 0. The van der Waals surface area contributed by atoms with Crippen LogP contribution in [0.5, 0.6) is 0 Å². The number of benzene rings is 1. The summed E-state index contributed by atoms with van der Waals surface area (Å²) in [6.45, 7) is 4.16. The third-order valence-electron chi connectivity index (χ3n) is 3.75. The predicted octanol–water partition coefficient (Wildman–Crippen LogP) is 3.29. The van der Waals surface area contributed by atoms with Gasteiger partial charge in [0.25, 0.3) is 0 Å². The van der Waals surface area contributed by atoms with Gasteiger partial charge in [-0.1, -0.05) is 35.6 Å². The summed E-state index contributed by atoms with van der Waals surface area (Å²) in [5.41, 5.74) is 3.74. The number of carbonyl (C=O) groups excluding carboxylic acids is 1. The van der Waals surface area contributed by atoms with Gasteiger partial charge in [0.2, 0.25) is 11.0 Å². The van der Waals surface area contributed by atoms with Gasteiger partial charge in [0.05, 0.1) is 6.54 Å². The van der Waals surface area contributed by atoms with Crippen molar-refractivity contribution in [3.05, 3.63) is 53.7 Å². The first-order valence-electron chi connectivity index (χ1n) is 7.86. The maximum atomic E-state index is 12.4. The van der Waals surface area contributed by atoms with Crippen molar-refractivity contribution in [1.29, 1.82) is 0 Å². The van der Waals surface area contributed by atoms with Crippen molar-refractivity contribution in [2.75, 3.05) is 23.8 Å². The highest BCUT2D eigenvalue weighted by molar-refractivity contribution is 7.18. The van der Waals surface area contributed by atoms with E-state index in [0.29, 0.717) is 5.13 Å². The highest BCUT2D eigenvalue weighted by Crippen LogP contribution is 2.26. The summed E-state index contributed by atoms with van der Waals surface area (Å²) in [4.78, 5) is 18.4. The summed E-state index contributed by atoms with van der Waals surface area (Å²) in [6.07, 6.45) is 1.72. The van der Waals surface area contributed by atoms with Crippen molar-refractivity contribution in [2.45, 2.75) is 13.8 Å². The zero-order valence-corrected chi connectivity index (χ0v) is 15.2. The Labute approximate surface area is 150 Å². The Bertz CT molecular complexity index is 858. The van der Waals surface area contributed by atoms with Crippen molar-refractivity contribution >= 4 is 28.1 Å². The fourth-order valence-corrected chi connectivity index (χ4v) is 3.22. The van der Waals surface area contributed by atoms with E-state index >= 15 is 0 Å². The molecule has 0 unspecified atom stereocenters. The lowest BCUT2D eigenvalue weighted by Crippen LogP contribution is -2.30. The molecule has 0 aliphatic rings. The first-order valence-corrected chi connectivity index (χ1v) is 8.68. The van der Waals surface area contributed by atoms with E-state index in [1.165, 1.54) is 11.3 Å².